The molecular formula is C12H13BrO4. The largest absolute Gasteiger partial charge is 0.493 e. The average Bonchev–Trinajstić information content (AvgIpc) is 3.09. The Hall–Kier alpha value is -1.23. The predicted octanol–water partition coefficient (Wildman–Crippen LogP) is 2.58. The summed E-state index contributed by atoms with van der Waals surface area (Å²) in [6.07, 6.45) is 1.33. The van der Waals surface area contributed by atoms with Gasteiger partial charge in [0.1, 0.15) is 0 Å². The van der Waals surface area contributed by atoms with Crippen molar-refractivity contribution in [1.29, 1.82) is 0 Å². The second-order valence-corrected chi connectivity index (χ2v) is 4.84. The lowest BCUT2D eigenvalue weighted by Crippen LogP contribution is -2.20. The molecule has 0 radical (unpaired) electrons. The van der Waals surface area contributed by atoms with Crippen molar-refractivity contribution in [3.05, 3.63) is 22.2 Å². The molecule has 4 nitrogen and oxygen atoms in total. The van der Waals surface area contributed by atoms with E-state index in [1.165, 1.54) is 7.11 Å². The number of hydrogen-bond donors (Lipinski definition) is 1. The summed E-state index contributed by atoms with van der Waals surface area (Å²) < 4.78 is 11.1. The molecule has 92 valence electrons. The monoisotopic (exact) mass is 300 g/mol. The highest BCUT2D eigenvalue weighted by Crippen LogP contribution is 2.53. The fraction of sp³-hybridized carbons (Fsp3) is 0.417. The molecule has 0 saturated heterocycles. The molecule has 17 heavy (non-hydrogen) atoms. The summed E-state index contributed by atoms with van der Waals surface area (Å²) in [5.74, 6) is 0.340. The lowest BCUT2D eigenvalue weighted by Gasteiger charge is -2.17. The van der Waals surface area contributed by atoms with E-state index >= 15 is 0 Å². The molecule has 1 aromatic rings. The topological polar surface area (TPSA) is 55.8 Å². The van der Waals surface area contributed by atoms with Gasteiger partial charge in [0, 0.05) is 0 Å². The Labute approximate surface area is 108 Å². The highest BCUT2D eigenvalue weighted by atomic mass is 79.9. The van der Waals surface area contributed by atoms with Gasteiger partial charge in [0.05, 0.1) is 24.1 Å². The van der Waals surface area contributed by atoms with E-state index in [0.717, 1.165) is 5.56 Å². The van der Waals surface area contributed by atoms with E-state index in [0.29, 0.717) is 28.8 Å². The number of halogens is 1. The van der Waals surface area contributed by atoms with Crippen LogP contribution in [0, 0.1) is 0 Å². The van der Waals surface area contributed by atoms with E-state index in [1.54, 1.807) is 19.2 Å². The van der Waals surface area contributed by atoms with E-state index in [1.807, 2.05) is 0 Å². The molecule has 0 aliphatic heterocycles. The smallest absolute Gasteiger partial charge is 0.314 e. The molecule has 0 heterocycles. The van der Waals surface area contributed by atoms with Crippen LogP contribution in [0.5, 0.6) is 11.5 Å². The maximum absolute atomic E-state index is 11.3. The molecule has 1 fully saturated rings. The molecule has 2 rings (SSSR count). The molecule has 0 amide bonds. The maximum atomic E-state index is 11.3. The van der Waals surface area contributed by atoms with Gasteiger partial charge in [0.15, 0.2) is 11.5 Å². The van der Waals surface area contributed by atoms with Crippen LogP contribution in [-0.4, -0.2) is 25.3 Å². The quantitative estimate of drug-likeness (QED) is 0.928. The Morgan fingerprint density at radius 2 is 2.00 bits per heavy atom. The van der Waals surface area contributed by atoms with E-state index in [2.05, 4.69) is 15.9 Å². The van der Waals surface area contributed by atoms with E-state index in [4.69, 9.17) is 9.47 Å². The number of ether oxygens (including phenoxy) is 2. The van der Waals surface area contributed by atoms with Crippen LogP contribution in [0.25, 0.3) is 0 Å². The number of benzene rings is 1. The minimum Gasteiger partial charge on any atom is -0.493 e. The first-order valence-electron chi connectivity index (χ1n) is 5.21. The normalized spacial score (nSPS) is 16.4. The van der Waals surface area contributed by atoms with Crippen molar-refractivity contribution in [3.8, 4) is 11.5 Å². The van der Waals surface area contributed by atoms with Gasteiger partial charge < -0.3 is 14.6 Å². The van der Waals surface area contributed by atoms with Gasteiger partial charge in [0.2, 0.25) is 0 Å². The molecule has 5 heteroatoms. The Morgan fingerprint density at radius 1 is 1.35 bits per heavy atom. The van der Waals surface area contributed by atoms with E-state index in [9.17, 15) is 9.90 Å². The minimum atomic E-state index is -0.787. The summed E-state index contributed by atoms with van der Waals surface area (Å²) in [4.78, 5) is 11.3. The molecule has 0 spiro atoms. The summed E-state index contributed by atoms with van der Waals surface area (Å²) in [5, 5.41) is 9.28. The Balaban J connectivity index is 2.54. The van der Waals surface area contributed by atoms with Gasteiger partial charge in [-0.2, -0.15) is 0 Å². The van der Waals surface area contributed by atoms with Crippen molar-refractivity contribution in [3.63, 3.8) is 0 Å². The molecule has 1 aromatic carbocycles. The fourth-order valence-corrected chi connectivity index (χ4v) is 2.85. The van der Waals surface area contributed by atoms with Crippen molar-refractivity contribution in [1.82, 2.24) is 0 Å². The van der Waals surface area contributed by atoms with Gasteiger partial charge in [-0.05, 0) is 40.4 Å². The Bertz CT molecular complexity index is 466. The number of aliphatic carboxylic acids is 1. The standard InChI is InChI=1S/C12H13BrO4/c1-16-8-4-3-7(9(13)10(8)17-2)12(5-6-12)11(14)15/h3-4H,5-6H2,1-2H3,(H,14,15). The van der Waals surface area contributed by atoms with Gasteiger partial charge in [0.25, 0.3) is 0 Å². The zero-order valence-corrected chi connectivity index (χ0v) is 11.2. The van der Waals surface area contributed by atoms with Gasteiger partial charge in [-0.3, -0.25) is 4.79 Å². The Kier molecular flexibility index (Phi) is 3.03. The van der Waals surface area contributed by atoms with Gasteiger partial charge in [-0.15, -0.1) is 0 Å². The molecule has 1 saturated carbocycles. The molecule has 1 N–H and O–H groups in total. The lowest BCUT2D eigenvalue weighted by molar-refractivity contribution is -0.140. The van der Waals surface area contributed by atoms with Crippen LogP contribution in [0.1, 0.15) is 18.4 Å². The maximum Gasteiger partial charge on any atom is 0.314 e. The number of rotatable bonds is 4. The van der Waals surface area contributed by atoms with Crippen LogP contribution < -0.4 is 9.47 Å². The summed E-state index contributed by atoms with van der Waals surface area (Å²) in [7, 11) is 3.08. The van der Waals surface area contributed by atoms with Crippen molar-refractivity contribution in [2.75, 3.05) is 14.2 Å². The number of methoxy groups -OCH3 is 2. The zero-order chi connectivity index (χ0) is 12.6. The molecule has 0 aromatic heterocycles. The lowest BCUT2D eigenvalue weighted by atomic mass is 9.96. The van der Waals surface area contributed by atoms with E-state index in [-0.39, 0.29) is 0 Å². The first-order valence-corrected chi connectivity index (χ1v) is 6.00. The number of hydrogen-bond acceptors (Lipinski definition) is 3. The minimum absolute atomic E-state index is 0.539. The number of carbonyl (C=O) groups is 1. The summed E-state index contributed by atoms with van der Waals surface area (Å²) in [6, 6.07) is 3.52. The number of carboxylic acids is 1. The van der Waals surface area contributed by atoms with Crippen molar-refractivity contribution in [2.45, 2.75) is 18.3 Å². The SMILES string of the molecule is COc1ccc(C2(C(=O)O)CC2)c(Br)c1OC. The summed E-state index contributed by atoms with van der Waals surface area (Å²) >= 11 is 3.41. The van der Waals surface area contributed by atoms with Crippen molar-refractivity contribution >= 4 is 21.9 Å². The predicted molar refractivity (Wildman–Crippen MR) is 65.8 cm³/mol. The second-order valence-electron chi connectivity index (χ2n) is 4.05. The molecule has 0 unspecified atom stereocenters. The van der Waals surface area contributed by atoms with Crippen LogP contribution in [0.2, 0.25) is 0 Å². The van der Waals surface area contributed by atoms with Crippen LogP contribution in [-0.2, 0) is 10.2 Å². The molecule has 0 atom stereocenters. The Morgan fingerprint density at radius 3 is 2.41 bits per heavy atom. The first kappa shape index (κ1) is 12.2. The van der Waals surface area contributed by atoms with Gasteiger partial charge in [-0.25, -0.2) is 0 Å². The third-order valence-corrected chi connectivity index (χ3v) is 3.95. The molecule has 1 aliphatic rings. The van der Waals surface area contributed by atoms with Crippen molar-refractivity contribution < 1.29 is 19.4 Å². The summed E-state index contributed by atoms with van der Waals surface area (Å²) in [6.45, 7) is 0. The summed E-state index contributed by atoms with van der Waals surface area (Å²) in [5.41, 5.74) is 0.000851. The zero-order valence-electron chi connectivity index (χ0n) is 9.62. The second kappa shape index (κ2) is 4.22. The van der Waals surface area contributed by atoms with Gasteiger partial charge >= 0.3 is 5.97 Å². The highest BCUT2D eigenvalue weighted by Gasteiger charge is 2.53. The van der Waals surface area contributed by atoms with Gasteiger partial charge in [-0.1, -0.05) is 6.07 Å². The number of carboxylic acid groups (broad SMARTS) is 1. The third kappa shape index (κ3) is 1.78. The third-order valence-electron chi connectivity index (χ3n) is 3.16. The van der Waals surface area contributed by atoms with Crippen LogP contribution in [0.4, 0.5) is 0 Å². The van der Waals surface area contributed by atoms with Crippen LogP contribution in [0.3, 0.4) is 0 Å². The molecule has 0 bridgehead atoms. The first-order chi connectivity index (χ1) is 8.06. The van der Waals surface area contributed by atoms with Crippen molar-refractivity contribution in [2.24, 2.45) is 0 Å². The molecular weight excluding hydrogens is 288 g/mol. The van der Waals surface area contributed by atoms with Crippen LogP contribution >= 0.6 is 15.9 Å². The van der Waals surface area contributed by atoms with E-state index < -0.39 is 11.4 Å². The van der Waals surface area contributed by atoms with Crippen LogP contribution in [0.15, 0.2) is 16.6 Å². The average molecular weight is 301 g/mol. The highest BCUT2D eigenvalue weighted by molar-refractivity contribution is 9.10. The fourth-order valence-electron chi connectivity index (χ4n) is 1.98. The molecule has 1 aliphatic carbocycles.